The Morgan fingerprint density at radius 1 is 1.23 bits per heavy atom. The second-order valence-corrected chi connectivity index (χ2v) is 5.77. The first-order valence-corrected chi connectivity index (χ1v) is 8.01. The number of fused-ring (bicyclic) bond motifs is 1. The van der Waals surface area contributed by atoms with Gasteiger partial charge in [0, 0.05) is 11.8 Å². The van der Waals surface area contributed by atoms with Gasteiger partial charge >= 0.3 is 5.97 Å². The van der Waals surface area contributed by atoms with Gasteiger partial charge in [-0.15, -0.1) is 0 Å². The molecule has 0 amide bonds. The molecule has 0 fully saturated rings. The first-order valence-electron chi connectivity index (χ1n) is 8.01. The van der Waals surface area contributed by atoms with Crippen molar-refractivity contribution in [1.82, 2.24) is 9.38 Å². The van der Waals surface area contributed by atoms with Crippen LogP contribution < -0.4 is 10.3 Å². The Bertz CT molecular complexity index is 999. The smallest absolute Gasteiger partial charge is 0.347 e. The number of carbonyl (C=O) groups is 1. The van der Waals surface area contributed by atoms with Crippen LogP contribution in [0.15, 0.2) is 53.3 Å². The zero-order valence-corrected chi connectivity index (χ0v) is 14.3. The lowest BCUT2D eigenvalue weighted by molar-refractivity contribution is -0.152. The van der Waals surface area contributed by atoms with E-state index >= 15 is 0 Å². The topological polar surface area (TPSA) is 69.9 Å². The number of rotatable bonds is 5. The third-order valence-electron chi connectivity index (χ3n) is 3.75. The molecule has 0 aliphatic carbocycles. The minimum Gasteiger partial charge on any atom is -0.479 e. The van der Waals surface area contributed by atoms with Gasteiger partial charge in [0.15, 0.2) is 6.10 Å². The quantitative estimate of drug-likeness (QED) is 0.658. The van der Waals surface area contributed by atoms with E-state index in [1.807, 2.05) is 13.0 Å². The Kier molecular flexibility index (Phi) is 4.97. The van der Waals surface area contributed by atoms with Gasteiger partial charge in [-0.3, -0.25) is 9.20 Å². The minimum absolute atomic E-state index is 0.143. The highest BCUT2D eigenvalue weighted by Gasteiger charge is 2.17. The largest absolute Gasteiger partial charge is 0.479 e. The fourth-order valence-electron chi connectivity index (χ4n) is 2.47. The maximum absolute atomic E-state index is 12.9. The summed E-state index contributed by atoms with van der Waals surface area (Å²) in [6.07, 6.45) is -0.885. The summed E-state index contributed by atoms with van der Waals surface area (Å²) in [7, 11) is 0. The van der Waals surface area contributed by atoms with Crippen LogP contribution in [0, 0.1) is 12.7 Å². The van der Waals surface area contributed by atoms with Gasteiger partial charge in [0.05, 0.1) is 5.69 Å². The first kappa shape index (κ1) is 17.6. The SMILES string of the molecule is Cc1cccc2nc(COC(=O)[C@@H](C)Oc3ccc(F)cc3)cc(=O)n12. The van der Waals surface area contributed by atoms with Crippen LogP contribution >= 0.6 is 0 Å². The molecule has 134 valence electrons. The molecule has 0 saturated carbocycles. The van der Waals surface area contributed by atoms with Crippen molar-refractivity contribution < 1.29 is 18.7 Å². The number of carbonyl (C=O) groups excluding carboxylic acids is 1. The highest BCUT2D eigenvalue weighted by atomic mass is 19.1. The van der Waals surface area contributed by atoms with Crippen molar-refractivity contribution in [2.24, 2.45) is 0 Å². The third kappa shape index (κ3) is 3.88. The summed E-state index contributed by atoms with van der Waals surface area (Å²) < 4.78 is 24.9. The second-order valence-electron chi connectivity index (χ2n) is 5.77. The Morgan fingerprint density at radius 2 is 1.96 bits per heavy atom. The summed E-state index contributed by atoms with van der Waals surface area (Å²) in [5, 5.41) is 0. The fourth-order valence-corrected chi connectivity index (χ4v) is 2.47. The lowest BCUT2D eigenvalue weighted by atomic mass is 10.3. The van der Waals surface area contributed by atoms with E-state index in [2.05, 4.69) is 4.98 Å². The molecule has 2 heterocycles. The summed E-state index contributed by atoms with van der Waals surface area (Å²) in [6.45, 7) is 3.19. The molecule has 0 aliphatic rings. The third-order valence-corrected chi connectivity index (χ3v) is 3.75. The summed E-state index contributed by atoms with van der Waals surface area (Å²) >= 11 is 0. The van der Waals surface area contributed by atoms with E-state index in [9.17, 15) is 14.0 Å². The van der Waals surface area contributed by atoms with E-state index in [4.69, 9.17) is 9.47 Å². The van der Waals surface area contributed by atoms with E-state index in [0.29, 0.717) is 17.1 Å². The van der Waals surface area contributed by atoms with Gasteiger partial charge in [-0.2, -0.15) is 0 Å². The summed E-state index contributed by atoms with van der Waals surface area (Å²) in [5.74, 6) is -0.648. The van der Waals surface area contributed by atoms with Crippen molar-refractivity contribution in [2.75, 3.05) is 0 Å². The van der Waals surface area contributed by atoms with Crippen LogP contribution in [0.25, 0.3) is 5.65 Å². The predicted molar refractivity (Wildman–Crippen MR) is 92.5 cm³/mol. The molecule has 6 nitrogen and oxygen atoms in total. The van der Waals surface area contributed by atoms with Crippen LogP contribution in [0.1, 0.15) is 18.3 Å². The zero-order valence-electron chi connectivity index (χ0n) is 14.3. The molecule has 0 spiro atoms. The van der Waals surface area contributed by atoms with Crippen LogP contribution in [-0.4, -0.2) is 21.5 Å². The number of halogens is 1. The maximum atomic E-state index is 12.9. The van der Waals surface area contributed by atoms with E-state index in [1.54, 1.807) is 12.1 Å². The van der Waals surface area contributed by atoms with Gasteiger partial charge in [0.1, 0.15) is 23.8 Å². The van der Waals surface area contributed by atoms with Crippen molar-refractivity contribution in [3.63, 3.8) is 0 Å². The Labute approximate surface area is 148 Å². The maximum Gasteiger partial charge on any atom is 0.347 e. The summed E-state index contributed by atoms with van der Waals surface area (Å²) in [5.41, 5.74) is 1.36. The number of hydrogen-bond donors (Lipinski definition) is 0. The average Bonchev–Trinajstić information content (AvgIpc) is 2.61. The van der Waals surface area contributed by atoms with Gasteiger partial charge < -0.3 is 9.47 Å². The number of ether oxygens (including phenoxy) is 2. The highest BCUT2D eigenvalue weighted by Crippen LogP contribution is 2.14. The van der Waals surface area contributed by atoms with Crippen molar-refractivity contribution in [3.05, 3.63) is 76.1 Å². The van der Waals surface area contributed by atoms with Crippen molar-refractivity contribution in [1.29, 1.82) is 0 Å². The molecule has 3 aromatic rings. The second kappa shape index (κ2) is 7.35. The summed E-state index contributed by atoms with van der Waals surface area (Å²) in [6, 6.07) is 12.0. The number of benzene rings is 1. The monoisotopic (exact) mass is 356 g/mol. The number of hydrogen-bond acceptors (Lipinski definition) is 5. The van der Waals surface area contributed by atoms with E-state index < -0.39 is 17.9 Å². The molecule has 0 radical (unpaired) electrons. The van der Waals surface area contributed by atoms with Crippen molar-refractivity contribution in [3.8, 4) is 5.75 Å². The molecular formula is C19H17FN2O4. The fraction of sp³-hybridized carbons (Fsp3) is 0.211. The Morgan fingerprint density at radius 3 is 2.69 bits per heavy atom. The molecule has 26 heavy (non-hydrogen) atoms. The molecule has 0 saturated heterocycles. The van der Waals surface area contributed by atoms with E-state index in [1.165, 1.54) is 41.7 Å². The molecular weight excluding hydrogens is 339 g/mol. The van der Waals surface area contributed by atoms with Crippen LogP contribution in [0.3, 0.4) is 0 Å². The first-order chi connectivity index (χ1) is 12.4. The van der Waals surface area contributed by atoms with Crippen LogP contribution in [0.5, 0.6) is 5.75 Å². The standard InChI is InChI=1S/C19H17FN2O4/c1-12-4-3-5-17-21-15(10-18(23)22(12)17)11-25-19(24)13(2)26-16-8-6-14(20)7-9-16/h3-10,13H,11H2,1-2H3/t13-/m1/s1. The lowest BCUT2D eigenvalue weighted by Gasteiger charge is -2.14. The van der Waals surface area contributed by atoms with Crippen LogP contribution in [0.2, 0.25) is 0 Å². The number of nitrogens with zero attached hydrogens (tertiary/aromatic N) is 2. The Hall–Kier alpha value is -3.22. The van der Waals surface area contributed by atoms with E-state index in [-0.39, 0.29) is 12.2 Å². The molecule has 2 aromatic heterocycles. The average molecular weight is 356 g/mol. The lowest BCUT2D eigenvalue weighted by Crippen LogP contribution is -2.26. The molecule has 7 heteroatoms. The normalized spacial score (nSPS) is 12.0. The molecule has 1 atom stereocenters. The predicted octanol–water partition coefficient (Wildman–Crippen LogP) is 2.65. The number of esters is 1. The number of pyridine rings is 1. The van der Waals surface area contributed by atoms with Gasteiger partial charge in [0.25, 0.3) is 5.56 Å². The van der Waals surface area contributed by atoms with Crippen molar-refractivity contribution >= 4 is 11.6 Å². The van der Waals surface area contributed by atoms with Crippen molar-refractivity contribution in [2.45, 2.75) is 26.6 Å². The molecule has 0 unspecified atom stereocenters. The highest BCUT2D eigenvalue weighted by molar-refractivity contribution is 5.74. The van der Waals surface area contributed by atoms with Gasteiger partial charge in [0.2, 0.25) is 0 Å². The number of aryl methyl sites for hydroxylation is 1. The van der Waals surface area contributed by atoms with Crippen LogP contribution in [-0.2, 0) is 16.1 Å². The van der Waals surface area contributed by atoms with Gasteiger partial charge in [-0.1, -0.05) is 6.07 Å². The van der Waals surface area contributed by atoms with Gasteiger partial charge in [-0.05, 0) is 50.2 Å². The zero-order chi connectivity index (χ0) is 18.7. The molecule has 0 aliphatic heterocycles. The van der Waals surface area contributed by atoms with Crippen LogP contribution in [0.4, 0.5) is 4.39 Å². The Balaban J connectivity index is 1.66. The number of aromatic nitrogens is 2. The van der Waals surface area contributed by atoms with Gasteiger partial charge in [-0.25, -0.2) is 14.2 Å². The molecule has 0 bridgehead atoms. The molecule has 3 rings (SSSR count). The minimum atomic E-state index is -0.885. The summed E-state index contributed by atoms with van der Waals surface area (Å²) in [4.78, 5) is 28.6. The molecule has 1 aromatic carbocycles. The molecule has 0 N–H and O–H groups in total. The van der Waals surface area contributed by atoms with E-state index in [0.717, 1.165) is 5.69 Å².